The van der Waals surface area contributed by atoms with Gasteiger partial charge in [-0.1, -0.05) is 19.1 Å². The summed E-state index contributed by atoms with van der Waals surface area (Å²) in [5, 5.41) is 3.71. The van der Waals surface area contributed by atoms with E-state index in [1.54, 1.807) is 0 Å². The Morgan fingerprint density at radius 1 is 1.21 bits per heavy atom. The first-order valence-electron chi connectivity index (χ1n) is 7.79. The molecule has 1 aromatic rings. The molecule has 1 N–H and O–H groups in total. The molecule has 0 spiro atoms. The summed E-state index contributed by atoms with van der Waals surface area (Å²) in [4.78, 5) is 0. The zero-order valence-electron chi connectivity index (χ0n) is 12.0. The fourth-order valence-electron chi connectivity index (χ4n) is 3.22. The zero-order valence-corrected chi connectivity index (χ0v) is 12.0. The lowest BCUT2D eigenvalue weighted by molar-refractivity contribution is 0.287. The quantitative estimate of drug-likeness (QED) is 0.894. The van der Waals surface area contributed by atoms with Crippen molar-refractivity contribution in [2.75, 3.05) is 6.61 Å². The third-order valence-corrected chi connectivity index (χ3v) is 4.59. The van der Waals surface area contributed by atoms with Crippen molar-refractivity contribution in [1.82, 2.24) is 5.32 Å². The van der Waals surface area contributed by atoms with Crippen LogP contribution < -0.4 is 10.1 Å². The number of fused-ring (bicyclic) bond motifs is 1. The topological polar surface area (TPSA) is 21.3 Å². The number of hydrogen-bond donors (Lipinski definition) is 1. The van der Waals surface area contributed by atoms with Crippen molar-refractivity contribution >= 4 is 0 Å². The molecule has 0 radical (unpaired) electrons. The molecule has 1 saturated carbocycles. The Kier molecular flexibility index (Phi) is 4.07. The molecule has 0 saturated heterocycles. The van der Waals surface area contributed by atoms with Gasteiger partial charge in [0, 0.05) is 12.6 Å². The summed E-state index contributed by atoms with van der Waals surface area (Å²) >= 11 is 0. The van der Waals surface area contributed by atoms with Crippen molar-refractivity contribution in [3.63, 3.8) is 0 Å². The van der Waals surface area contributed by atoms with E-state index >= 15 is 0 Å². The van der Waals surface area contributed by atoms with Crippen molar-refractivity contribution in [3.05, 3.63) is 29.3 Å². The molecule has 2 nitrogen and oxygen atoms in total. The van der Waals surface area contributed by atoms with Crippen LogP contribution in [0, 0.1) is 5.92 Å². The summed E-state index contributed by atoms with van der Waals surface area (Å²) in [6.45, 7) is 4.23. The molecule has 104 valence electrons. The minimum absolute atomic E-state index is 0.716. The van der Waals surface area contributed by atoms with Gasteiger partial charge in [-0.3, -0.25) is 0 Å². The lowest BCUT2D eigenvalue weighted by atomic mass is 9.87. The normalized spacial score (nSPS) is 26.6. The summed E-state index contributed by atoms with van der Waals surface area (Å²) < 4.78 is 5.74. The molecule has 3 rings (SSSR count). The molecule has 1 aliphatic heterocycles. The predicted molar refractivity (Wildman–Crippen MR) is 78.5 cm³/mol. The van der Waals surface area contributed by atoms with Gasteiger partial charge in [0.2, 0.25) is 0 Å². The van der Waals surface area contributed by atoms with Gasteiger partial charge in [0.1, 0.15) is 5.75 Å². The Balaban J connectivity index is 1.55. The second-order valence-corrected chi connectivity index (χ2v) is 6.23. The highest BCUT2D eigenvalue weighted by atomic mass is 16.5. The molecule has 0 amide bonds. The SMILES string of the molecule is CC1CCC(NCc2ccc3c(c2)OCCC3)CC1. The van der Waals surface area contributed by atoms with E-state index in [2.05, 4.69) is 30.4 Å². The standard InChI is InChI=1S/C17H25NO/c1-13-4-8-16(9-5-13)18-12-14-6-7-15-3-2-10-19-17(15)11-14/h6-7,11,13,16,18H,2-5,8-10,12H2,1H3. The molecule has 1 heterocycles. The average molecular weight is 259 g/mol. The minimum atomic E-state index is 0.716. The van der Waals surface area contributed by atoms with Gasteiger partial charge in [-0.05, 0) is 61.6 Å². The van der Waals surface area contributed by atoms with E-state index in [4.69, 9.17) is 4.74 Å². The van der Waals surface area contributed by atoms with Crippen LogP contribution in [-0.4, -0.2) is 12.6 Å². The Morgan fingerprint density at radius 3 is 2.89 bits per heavy atom. The second kappa shape index (κ2) is 5.96. The Morgan fingerprint density at radius 2 is 2.05 bits per heavy atom. The van der Waals surface area contributed by atoms with Crippen molar-refractivity contribution < 1.29 is 4.74 Å². The first-order valence-corrected chi connectivity index (χ1v) is 7.79. The molecule has 19 heavy (non-hydrogen) atoms. The van der Waals surface area contributed by atoms with Crippen LogP contribution in [0.4, 0.5) is 0 Å². The van der Waals surface area contributed by atoms with Gasteiger partial charge in [0.25, 0.3) is 0 Å². The highest BCUT2D eigenvalue weighted by molar-refractivity contribution is 5.38. The molecule has 1 fully saturated rings. The van der Waals surface area contributed by atoms with Crippen molar-refractivity contribution in [2.24, 2.45) is 5.92 Å². The Bertz CT molecular complexity index is 421. The number of benzene rings is 1. The molecule has 1 aromatic carbocycles. The van der Waals surface area contributed by atoms with E-state index in [1.807, 2.05) is 0 Å². The highest BCUT2D eigenvalue weighted by Gasteiger charge is 2.17. The number of nitrogens with one attached hydrogen (secondary N) is 1. The van der Waals surface area contributed by atoms with Crippen LogP contribution in [0.2, 0.25) is 0 Å². The third kappa shape index (κ3) is 3.30. The lowest BCUT2D eigenvalue weighted by Gasteiger charge is -2.27. The molecule has 0 atom stereocenters. The average Bonchev–Trinajstić information content (AvgIpc) is 2.46. The van der Waals surface area contributed by atoms with Crippen LogP contribution in [0.1, 0.15) is 50.2 Å². The van der Waals surface area contributed by atoms with Crippen LogP contribution in [0.25, 0.3) is 0 Å². The molecule has 0 unspecified atom stereocenters. The first-order chi connectivity index (χ1) is 9.31. The molecule has 2 aliphatic rings. The van der Waals surface area contributed by atoms with Crippen molar-refractivity contribution in [2.45, 2.75) is 58.0 Å². The van der Waals surface area contributed by atoms with E-state index in [9.17, 15) is 0 Å². The van der Waals surface area contributed by atoms with E-state index < -0.39 is 0 Å². The van der Waals surface area contributed by atoms with E-state index in [-0.39, 0.29) is 0 Å². The van der Waals surface area contributed by atoms with E-state index in [0.717, 1.165) is 31.2 Å². The maximum atomic E-state index is 5.74. The fraction of sp³-hybridized carbons (Fsp3) is 0.647. The van der Waals surface area contributed by atoms with Crippen LogP contribution in [0.15, 0.2) is 18.2 Å². The van der Waals surface area contributed by atoms with Gasteiger partial charge in [0.05, 0.1) is 6.61 Å². The summed E-state index contributed by atoms with van der Waals surface area (Å²) in [5.74, 6) is 2.04. The van der Waals surface area contributed by atoms with Crippen molar-refractivity contribution in [3.8, 4) is 5.75 Å². The second-order valence-electron chi connectivity index (χ2n) is 6.23. The summed E-state index contributed by atoms with van der Waals surface area (Å²) in [6, 6.07) is 7.45. The summed E-state index contributed by atoms with van der Waals surface area (Å²) in [5.41, 5.74) is 2.74. The van der Waals surface area contributed by atoms with E-state index in [0.29, 0.717) is 6.04 Å². The number of ether oxygens (including phenoxy) is 1. The van der Waals surface area contributed by atoms with Crippen molar-refractivity contribution in [1.29, 1.82) is 0 Å². The maximum Gasteiger partial charge on any atom is 0.122 e. The zero-order chi connectivity index (χ0) is 13.1. The largest absolute Gasteiger partial charge is 0.493 e. The van der Waals surface area contributed by atoms with Crippen LogP contribution in [0.5, 0.6) is 5.75 Å². The molecule has 1 aliphatic carbocycles. The predicted octanol–water partition coefficient (Wildman–Crippen LogP) is 3.68. The highest BCUT2D eigenvalue weighted by Crippen LogP contribution is 2.27. The van der Waals surface area contributed by atoms with Crippen LogP contribution >= 0.6 is 0 Å². The van der Waals surface area contributed by atoms with Gasteiger partial charge in [-0.15, -0.1) is 0 Å². The van der Waals surface area contributed by atoms with Gasteiger partial charge in [-0.25, -0.2) is 0 Å². The monoisotopic (exact) mass is 259 g/mol. The molecular weight excluding hydrogens is 234 g/mol. The van der Waals surface area contributed by atoms with Crippen LogP contribution in [0.3, 0.4) is 0 Å². The molecular formula is C17H25NO. The Labute approximate surface area is 116 Å². The van der Waals surface area contributed by atoms with Gasteiger partial charge in [0.15, 0.2) is 0 Å². The molecule has 0 bridgehead atoms. The first kappa shape index (κ1) is 13.0. The smallest absolute Gasteiger partial charge is 0.122 e. The number of rotatable bonds is 3. The fourth-order valence-corrected chi connectivity index (χ4v) is 3.22. The lowest BCUT2D eigenvalue weighted by Crippen LogP contribution is -2.32. The number of aryl methyl sites for hydroxylation is 1. The maximum absolute atomic E-state index is 5.74. The van der Waals surface area contributed by atoms with Gasteiger partial charge >= 0.3 is 0 Å². The molecule has 2 heteroatoms. The third-order valence-electron chi connectivity index (χ3n) is 4.59. The summed E-state index contributed by atoms with van der Waals surface area (Å²) in [7, 11) is 0. The molecule has 0 aromatic heterocycles. The summed E-state index contributed by atoms with van der Waals surface area (Å²) in [6.07, 6.45) is 7.76. The van der Waals surface area contributed by atoms with Gasteiger partial charge < -0.3 is 10.1 Å². The Hall–Kier alpha value is -1.02. The van der Waals surface area contributed by atoms with Gasteiger partial charge in [-0.2, -0.15) is 0 Å². The minimum Gasteiger partial charge on any atom is -0.493 e. The number of hydrogen-bond acceptors (Lipinski definition) is 2. The van der Waals surface area contributed by atoms with E-state index in [1.165, 1.54) is 43.2 Å². The van der Waals surface area contributed by atoms with Crippen LogP contribution in [-0.2, 0) is 13.0 Å².